The number of aromatic nitrogens is 4. The van der Waals surface area contributed by atoms with Crippen molar-refractivity contribution in [2.45, 2.75) is 38.8 Å². The molecule has 1 aliphatic rings. The predicted octanol–water partition coefficient (Wildman–Crippen LogP) is 3.20. The molecule has 1 fully saturated rings. The third-order valence-electron chi connectivity index (χ3n) is 4.81. The molecular weight excluding hydrogens is 342 g/mol. The summed E-state index contributed by atoms with van der Waals surface area (Å²) in [6.45, 7) is 3.42. The molecule has 1 aromatic carbocycles. The summed E-state index contributed by atoms with van der Waals surface area (Å²) >= 11 is 0. The largest absolute Gasteiger partial charge is 0.376 e. The first-order valence-electron chi connectivity index (χ1n) is 9.26. The van der Waals surface area contributed by atoms with Crippen LogP contribution in [0.2, 0.25) is 0 Å². The van der Waals surface area contributed by atoms with Crippen molar-refractivity contribution in [2.75, 3.05) is 11.9 Å². The third-order valence-corrected chi connectivity index (χ3v) is 4.81. The molecule has 1 saturated heterocycles. The van der Waals surface area contributed by atoms with Gasteiger partial charge in [0.2, 0.25) is 0 Å². The van der Waals surface area contributed by atoms with Crippen molar-refractivity contribution in [1.29, 1.82) is 0 Å². The van der Waals surface area contributed by atoms with E-state index in [4.69, 9.17) is 4.74 Å². The zero-order valence-corrected chi connectivity index (χ0v) is 15.3. The van der Waals surface area contributed by atoms with Crippen LogP contribution in [0.3, 0.4) is 0 Å². The molecule has 7 heteroatoms. The lowest BCUT2D eigenvalue weighted by atomic mass is 10.1. The first kappa shape index (κ1) is 17.5. The molecule has 1 unspecified atom stereocenters. The number of carbonyl (C=O) groups excluding carboxylic acids is 1. The van der Waals surface area contributed by atoms with E-state index in [0.29, 0.717) is 17.8 Å². The maximum Gasteiger partial charge on any atom is 0.259 e. The Labute approximate surface area is 157 Å². The van der Waals surface area contributed by atoms with Gasteiger partial charge in [0, 0.05) is 12.8 Å². The van der Waals surface area contributed by atoms with E-state index >= 15 is 0 Å². The van der Waals surface area contributed by atoms with Gasteiger partial charge in [0.25, 0.3) is 5.91 Å². The van der Waals surface area contributed by atoms with Crippen molar-refractivity contribution in [3.8, 4) is 5.69 Å². The molecule has 2 aromatic heterocycles. The lowest BCUT2D eigenvalue weighted by Gasteiger charge is -2.22. The number of anilines is 1. The SMILES string of the molecule is Cc1c(C(=O)Nc2cnn(CC3CCCCO3)c2)cnn1-c1ccccc1. The van der Waals surface area contributed by atoms with E-state index in [1.165, 1.54) is 6.42 Å². The van der Waals surface area contributed by atoms with Gasteiger partial charge >= 0.3 is 0 Å². The van der Waals surface area contributed by atoms with Gasteiger partial charge in [-0.05, 0) is 38.3 Å². The van der Waals surface area contributed by atoms with Crippen LogP contribution in [0.5, 0.6) is 0 Å². The molecule has 3 heterocycles. The van der Waals surface area contributed by atoms with Crippen molar-refractivity contribution in [3.63, 3.8) is 0 Å². The van der Waals surface area contributed by atoms with Crippen molar-refractivity contribution in [1.82, 2.24) is 19.6 Å². The fourth-order valence-electron chi connectivity index (χ4n) is 3.35. The standard InChI is InChI=1S/C20H23N5O2/c1-15-19(12-22-25(15)17-7-3-2-4-8-17)20(26)23-16-11-21-24(13-16)14-18-9-5-6-10-27-18/h2-4,7-8,11-13,18H,5-6,9-10,14H2,1H3,(H,23,26). The number of rotatable bonds is 5. The van der Waals surface area contributed by atoms with Gasteiger partial charge in [-0.25, -0.2) is 4.68 Å². The van der Waals surface area contributed by atoms with E-state index in [-0.39, 0.29) is 12.0 Å². The molecule has 1 aliphatic heterocycles. The van der Waals surface area contributed by atoms with Gasteiger partial charge in [-0.15, -0.1) is 0 Å². The normalized spacial score (nSPS) is 17.0. The molecule has 7 nitrogen and oxygen atoms in total. The van der Waals surface area contributed by atoms with E-state index in [2.05, 4.69) is 15.5 Å². The highest BCUT2D eigenvalue weighted by atomic mass is 16.5. The molecule has 140 valence electrons. The maximum absolute atomic E-state index is 12.7. The van der Waals surface area contributed by atoms with E-state index in [1.54, 1.807) is 17.1 Å². The highest BCUT2D eigenvalue weighted by Crippen LogP contribution is 2.17. The van der Waals surface area contributed by atoms with Gasteiger partial charge in [0.15, 0.2) is 0 Å². The van der Waals surface area contributed by atoms with Gasteiger partial charge in [-0.1, -0.05) is 18.2 Å². The van der Waals surface area contributed by atoms with Crippen LogP contribution in [-0.2, 0) is 11.3 Å². The van der Waals surface area contributed by atoms with Crippen molar-refractivity contribution in [3.05, 3.63) is 60.2 Å². The van der Waals surface area contributed by atoms with E-state index in [0.717, 1.165) is 30.8 Å². The summed E-state index contributed by atoms with van der Waals surface area (Å²) in [5, 5.41) is 11.6. The summed E-state index contributed by atoms with van der Waals surface area (Å²) in [7, 11) is 0. The van der Waals surface area contributed by atoms with Gasteiger partial charge in [-0.3, -0.25) is 9.48 Å². The van der Waals surface area contributed by atoms with Crippen LogP contribution in [0.25, 0.3) is 5.69 Å². The quantitative estimate of drug-likeness (QED) is 0.753. The molecule has 1 amide bonds. The number of amides is 1. The fraction of sp³-hybridized carbons (Fsp3) is 0.350. The van der Waals surface area contributed by atoms with Gasteiger partial charge in [0.1, 0.15) is 0 Å². The summed E-state index contributed by atoms with van der Waals surface area (Å²) in [4.78, 5) is 12.7. The average Bonchev–Trinajstić information content (AvgIpc) is 3.29. The number of ether oxygens (including phenoxy) is 1. The topological polar surface area (TPSA) is 74.0 Å². The molecule has 0 bridgehead atoms. The molecule has 3 aromatic rings. The first-order chi connectivity index (χ1) is 13.2. The summed E-state index contributed by atoms with van der Waals surface area (Å²) in [5.41, 5.74) is 2.93. The molecule has 0 spiro atoms. The number of hydrogen-bond acceptors (Lipinski definition) is 4. The zero-order chi connectivity index (χ0) is 18.6. The fourth-order valence-corrected chi connectivity index (χ4v) is 3.35. The summed E-state index contributed by atoms with van der Waals surface area (Å²) in [6.07, 6.45) is 8.68. The van der Waals surface area contributed by atoms with Crippen molar-refractivity contribution < 1.29 is 9.53 Å². The van der Waals surface area contributed by atoms with E-state index in [9.17, 15) is 4.79 Å². The van der Waals surface area contributed by atoms with Crippen LogP contribution in [0.1, 0.15) is 35.3 Å². The number of para-hydroxylation sites is 1. The van der Waals surface area contributed by atoms with E-state index in [1.807, 2.05) is 48.1 Å². The number of benzene rings is 1. The van der Waals surface area contributed by atoms with Gasteiger partial charge < -0.3 is 10.1 Å². The summed E-state index contributed by atoms with van der Waals surface area (Å²) < 4.78 is 9.33. The zero-order valence-electron chi connectivity index (χ0n) is 15.3. The molecule has 0 radical (unpaired) electrons. The Hall–Kier alpha value is -2.93. The predicted molar refractivity (Wildman–Crippen MR) is 102 cm³/mol. The Bertz CT molecular complexity index is 910. The minimum atomic E-state index is -0.192. The second-order valence-corrected chi connectivity index (χ2v) is 6.78. The number of nitrogens with one attached hydrogen (secondary N) is 1. The highest BCUT2D eigenvalue weighted by Gasteiger charge is 2.17. The Morgan fingerprint density at radius 3 is 2.85 bits per heavy atom. The lowest BCUT2D eigenvalue weighted by molar-refractivity contribution is 0.00401. The smallest absolute Gasteiger partial charge is 0.259 e. The van der Waals surface area contributed by atoms with Gasteiger partial charge in [-0.2, -0.15) is 10.2 Å². The Morgan fingerprint density at radius 1 is 1.22 bits per heavy atom. The Balaban J connectivity index is 1.43. The lowest BCUT2D eigenvalue weighted by Crippen LogP contribution is -2.24. The minimum Gasteiger partial charge on any atom is -0.376 e. The van der Waals surface area contributed by atoms with Crippen LogP contribution in [0.15, 0.2) is 48.9 Å². The van der Waals surface area contributed by atoms with Gasteiger partial charge in [0.05, 0.1) is 47.7 Å². The third kappa shape index (κ3) is 3.93. The van der Waals surface area contributed by atoms with Crippen LogP contribution in [-0.4, -0.2) is 38.2 Å². The minimum absolute atomic E-state index is 0.192. The molecule has 1 atom stereocenters. The molecule has 4 rings (SSSR count). The second kappa shape index (κ2) is 7.75. The first-order valence-corrected chi connectivity index (χ1v) is 9.26. The second-order valence-electron chi connectivity index (χ2n) is 6.78. The summed E-state index contributed by atoms with van der Waals surface area (Å²) in [6, 6.07) is 9.76. The molecule has 27 heavy (non-hydrogen) atoms. The molecule has 0 aliphatic carbocycles. The highest BCUT2D eigenvalue weighted by molar-refractivity contribution is 6.04. The van der Waals surface area contributed by atoms with E-state index < -0.39 is 0 Å². The Kier molecular flexibility index (Phi) is 5.02. The Morgan fingerprint density at radius 2 is 2.07 bits per heavy atom. The van der Waals surface area contributed by atoms with Crippen molar-refractivity contribution >= 4 is 11.6 Å². The van der Waals surface area contributed by atoms with Crippen molar-refractivity contribution in [2.24, 2.45) is 0 Å². The number of carbonyl (C=O) groups is 1. The summed E-state index contributed by atoms with van der Waals surface area (Å²) in [5.74, 6) is -0.192. The number of hydrogen-bond donors (Lipinski definition) is 1. The van der Waals surface area contributed by atoms with Crippen LogP contribution in [0, 0.1) is 6.92 Å². The van der Waals surface area contributed by atoms with Crippen LogP contribution < -0.4 is 5.32 Å². The number of nitrogens with zero attached hydrogens (tertiary/aromatic N) is 4. The maximum atomic E-state index is 12.7. The molecule has 1 N–H and O–H groups in total. The van der Waals surface area contributed by atoms with Crippen LogP contribution >= 0.6 is 0 Å². The molecular formula is C20H23N5O2. The average molecular weight is 365 g/mol. The van der Waals surface area contributed by atoms with Crippen LogP contribution in [0.4, 0.5) is 5.69 Å². The monoisotopic (exact) mass is 365 g/mol. The molecule has 0 saturated carbocycles.